The van der Waals surface area contributed by atoms with Crippen LogP contribution in [0.2, 0.25) is 5.02 Å². The van der Waals surface area contributed by atoms with Crippen LogP contribution in [0.15, 0.2) is 63.8 Å². The second-order valence-corrected chi connectivity index (χ2v) is 8.61. The Hall–Kier alpha value is -3.64. The summed E-state index contributed by atoms with van der Waals surface area (Å²) in [6, 6.07) is 17.3. The molecule has 0 atom stereocenters. The van der Waals surface area contributed by atoms with Gasteiger partial charge in [-0.15, -0.1) is 0 Å². The van der Waals surface area contributed by atoms with Crippen molar-refractivity contribution in [2.45, 2.75) is 19.9 Å². The summed E-state index contributed by atoms with van der Waals surface area (Å²) in [5.74, 6) is 1.83. The lowest BCUT2D eigenvalue weighted by Crippen LogP contribution is -2.32. The first-order chi connectivity index (χ1) is 16.5. The molecule has 1 aliphatic heterocycles. The number of hydrogen-bond donors (Lipinski definition) is 0. The van der Waals surface area contributed by atoms with Gasteiger partial charge < -0.3 is 23.5 Å². The summed E-state index contributed by atoms with van der Waals surface area (Å²) in [5, 5.41) is 1.37. The van der Waals surface area contributed by atoms with E-state index in [0.29, 0.717) is 53.1 Å². The van der Waals surface area contributed by atoms with Crippen molar-refractivity contribution in [1.82, 2.24) is 0 Å². The number of ether oxygens (including phenoxy) is 3. The molecule has 0 radical (unpaired) electrons. The minimum Gasteiger partial charge on any atom is -0.495 e. The van der Waals surface area contributed by atoms with Gasteiger partial charge in [0.15, 0.2) is 6.73 Å². The number of methoxy groups -OCH3 is 2. The highest BCUT2D eigenvalue weighted by Crippen LogP contribution is 2.41. The number of benzene rings is 3. The molecule has 5 rings (SSSR count). The number of halogens is 1. The fourth-order valence-corrected chi connectivity index (χ4v) is 4.65. The van der Waals surface area contributed by atoms with E-state index in [2.05, 4.69) is 0 Å². The topological polar surface area (TPSA) is 61.1 Å². The quantitative estimate of drug-likeness (QED) is 0.343. The average Bonchev–Trinajstić information content (AvgIpc) is 2.86. The third-order valence-electron chi connectivity index (χ3n) is 6.26. The minimum atomic E-state index is -0.329. The van der Waals surface area contributed by atoms with Crippen molar-refractivity contribution in [3.8, 4) is 17.2 Å². The fraction of sp³-hybridized carbons (Fsp3) is 0.222. The summed E-state index contributed by atoms with van der Waals surface area (Å²) in [5.41, 5.74) is 4.42. The Bertz CT molecular complexity index is 1430. The maximum atomic E-state index is 13.0. The van der Waals surface area contributed by atoms with Crippen LogP contribution in [0.5, 0.6) is 17.2 Å². The molecule has 0 saturated heterocycles. The van der Waals surface area contributed by atoms with Gasteiger partial charge in [0.1, 0.15) is 22.8 Å². The zero-order valence-corrected chi connectivity index (χ0v) is 19.9. The molecule has 3 aromatic carbocycles. The molecule has 4 aromatic rings. The Morgan fingerprint density at radius 2 is 1.79 bits per heavy atom. The second-order valence-electron chi connectivity index (χ2n) is 8.20. The van der Waals surface area contributed by atoms with Gasteiger partial charge in [0.2, 0.25) is 0 Å². The summed E-state index contributed by atoms with van der Waals surface area (Å²) in [4.78, 5) is 15.0. The van der Waals surface area contributed by atoms with Crippen LogP contribution in [0, 0.1) is 6.92 Å². The summed E-state index contributed by atoms with van der Waals surface area (Å²) in [7, 11) is 3.15. The molecular formula is C27H24ClNO5. The first-order valence-corrected chi connectivity index (χ1v) is 11.3. The van der Waals surface area contributed by atoms with Crippen LogP contribution in [-0.4, -0.2) is 21.0 Å². The number of aryl methyl sites for hydroxylation is 1. The smallest absolute Gasteiger partial charge is 0.340 e. The van der Waals surface area contributed by atoms with E-state index in [1.165, 1.54) is 0 Å². The van der Waals surface area contributed by atoms with Crippen molar-refractivity contribution >= 4 is 28.3 Å². The van der Waals surface area contributed by atoms with Crippen LogP contribution in [0.25, 0.3) is 11.0 Å². The van der Waals surface area contributed by atoms with Gasteiger partial charge in [0.25, 0.3) is 0 Å². The third kappa shape index (κ3) is 3.84. The van der Waals surface area contributed by atoms with Crippen molar-refractivity contribution in [1.29, 1.82) is 0 Å². The zero-order chi connectivity index (χ0) is 23.8. The molecule has 1 aliphatic rings. The van der Waals surface area contributed by atoms with Crippen LogP contribution in [-0.2, 0) is 13.0 Å². The molecule has 0 aliphatic carbocycles. The Kier molecular flexibility index (Phi) is 5.84. The number of hydrogen-bond acceptors (Lipinski definition) is 6. The zero-order valence-electron chi connectivity index (χ0n) is 19.2. The van der Waals surface area contributed by atoms with E-state index in [1.807, 2.05) is 54.3 Å². The molecule has 6 nitrogen and oxygen atoms in total. The van der Waals surface area contributed by atoms with E-state index >= 15 is 0 Å². The van der Waals surface area contributed by atoms with Gasteiger partial charge in [0.05, 0.1) is 37.0 Å². The van der Waals surface area contributed by atoms with Crippen LogP contribution >= 0.6 is 11.6 Å². The van der Waals surface area contributed by atoms with Crippen LogP contribution in [0.3, 0.4) is 0 Å². The molecule has 2 heterocycles. The van der Waals surface area contributed by atoms with Crippen LogP contribution in [0.1, 0.15) is 22.3 Å². The molecule has 7 heteroatoms. The molecule has 174 valence electrons. The Balaban J connectivity index is 1.57. The Labute approximate surface area is 202 Å². The molecule has 0 fully saturated rings. The van der Waals surface area contributed by atoms with Gasteiger partial charge in [-0.1, -0.05) is 41.9 Å². The normalized spacial score (nSPS) is 12.9. The standard InChI is InChI=1S/C27H24ClNO5/c1-16-18-9-10-23-20(26(18)34-27(30)19(16)11-17-7-5-4-6-8-17)14-29(15-33-23)22-12-21(28)24(31-2)13-25(22)32-3/h4-10,12-13H,11,14-15H2,1-3H3. The average molecular weight is 478 g/mol. The summed E-state index contributed by atoms with van der Waals surface area (Å²) in [6.07, 6.45) is 0.520. The van der Waals surface area contributed by atoms with E-state index in [4.69, 9.17) is 30.2 Å². The molecule has 0 spiro atoms. The van der Waals surface area contributed by atoms with E-state index < -0.39 is 0 Å². The summed E-state index contributed by atoms with van der Waals surface area (Å²) in [6.45, 7) is 2.73. The van der Waals surface area contributed by atoms with Crippen molar-refractivity contribution in [3.63, 3.8) is 0 Å². The highest BCUT2D eigenvalue weighted by Gasteiger charge is 2.26. The van der Waals surface area contributed by atoms with E-state index in [0.717, 1.165) is 27.8 Å². The molecule has 1 aromatic heterocycles. The molecular weight excluding hydrogens is 454 g/mol. The van der Waals surface area contributed by atoms with E-state index in [1.54, 1.807) is 26.4 Å². The van der Waals surface area contributed by atoms with Gasteiger partial charge >= 0.3 is 5.63 Å². The monoisotopic (exact) mass is 477 g/mol. The SMILES string of the molecule is COc1cc(OC)c(N2COc3ccc4c(C)c(Cc5ccccc5)c(=O)oc4c3C2)cc1Cl. The number of rotatable bonds is 5. The highest BCUT2D eigenvalue weighted by molar-refractivity contribution is 6.32. The first-order valence-electron chi connectivity index (χ1n) is 10.9. The maximum absolute atomic E-state index is 13.0. The minimum absolute atomic E-state index is 0.298. The lowest BCUT2D eigenvalue weighted by atomic mass is 9.97. The number of fused-ring (bicyclic) bond motifs is 3. The van der Waals surface area contributed by atoms with E-state index in [-0.39, 0.29) is 5.63 Å². The van der Waals surface area contributed by atoms with Crippen molar-refractivity contribution < 1.29 is 18.6 Å². The van der Waals surface area contributed by atoms with Gasteiger partial charge in [-0.25, -0.2) is 4.79 Å². The van der Waals surface area contributed by atoms with Crippen molar-refractivity contribution in [3.05, 3.63) is 92.3 Å². The Morgan fingerprint density at radius 3 is 2.53 bits per heavy atom. The molecule has 0 amide bonds. The van der Waals surface area contributed by atoms with Gasteiger partial charge in [-0.2, -0.15) is 0 Å². The molecule has 0 unspecified atom stereocenters. The maximum Gasteiger partial charge on any atom is 0.340 e. The second kappa shape index (κ2) is 8.95. The molecule has 0 bridgehead atoms. The largest absolute Gasteiger partial charge is 0.495 e. The van der Waals surface area contributed by atoms with Gasteiger partial charge in [-0.05, 0) is 36.2 Å². The lowest BCUT2D eigenvalue weighted by molar-refractivity contribution is 0.286. The summed E-state index contributed by atoms with van der Waals surface area (Å²) < 4.78 is 22.8. The van der Waals surface area contributed by atoms with Crippen molar-refractivity contribution in [2.75, 3.05) is 25.9 Å². The number of nitrogens with zero attached hydrogens (tertiary/aromatic N) is 1. The lowest BCUT2D eigenvalue weighted by Gasteiger charge is -2.32. The molecule has 0 saturated carbocycles. The predicted octanol–water partition coefficient (Wildman–Crippen LogP) is 5.72. The third-order valence-corrected chi connectivity index (χ3v) is 6.55. The molecule has 34 heavy (non-hydrogen) atoms. The first kappa shape index (κ1) is 22.2. The summed E-state index contributed by atoms with van der Waals surface area (Å²) >= 11 is 6.39. The molecule has 0 N–H and O–H groups in total. The highest BCUT2D eigenvalue weighted by atomic mass is 35.5. The Morgan fingerprint density at radius 1 is 1.03 bits per heavy atom. The van der Waals surface area contributed by atoms with Gasteiger partial charge in [0, 0.05) is 23.4 Å². The van der Waals surface area contributed by atoms with Gasteiger partial charge in [-0.3, -0.25) is 0 Å². The fourth-order valence-electron chi connectivity index (χ4n) is 4.41. The van der Waals surface area contributed by atoms with Crippen molar-refractivity contribution in [2.24, 2.45) is 0 Å². The van der Waals surface area contributed by atoms with E-state index in [9.17, 15) is 4.79 Å². The van der Waals surface area contributed by atoms with Crippen LogP contribution < -0.4 is 24.7 Å². The number of anilines is 1. The van der Waals surface area contributed by atoms with Crippen LogP contribution in [0.4, 0.5) is 5.69 Å². The predicted molar refractivity (Wildman–Crippen MR) is 133 cm³/mol.